The first kappa shape index (κ1) is 14.6. The van der Waals surface area contributed by atoms with Crippen molar-refractivity contribution < 1.29 is 4.52 Å². The van der Waals surface area contributed by atoms with Gasteiger partial charge in [-0.2, -0.15) is 0 Å². The van der Waals surface area contributed by atoms with Crippen molar-refractivity contribution in [3.63, 3.8) is 0 Å². The average molecular weight is 360 g/mol. The second-order valence-corrected chi connectivity index (χ2v) is 6.18. The molecule has 21 heavy (non-hydrogen) atoms. The van der Waals surface area contributed by atoms with Crippen LogP contribution >= 0.6 is 25.4 Å². The van der Waals surface area contributed by atoms with Crippen LogP contribution in [0.2, 0.25) is 0 Å². The molecule has 3 aromatic rings. The Morgan fingerprint density at radius 1 is 1.05 bits per heavy atom. The minimum Gasteiger partial charge on any atom is -0.361 e. The lowest BCUT2D eigenvalue weighted by Gasteiger charge is -2.08. The van der Waals surface area contributed by atoms with Gasteiger partial charge >= 0.3 is 0 Å². The minimum absolute atomic E-state index is 0.607. The van der Waals surface area contributed by atoms with Crippen molar-refractivity contribution in [2.45, 2.75) is 13.5 Å². The van der Waals surface area contributed by atoms with Gasteiger partial charge in [0.05, 0.1) is 12.1 Å². The Balaban J connectivity index is 2.06. The highest BCUT2D eigenvalue weighted by atomic mass is 79.9. The van der Waals surface area contributed by atoms with Gasteiger partial charge in [-0.25, -0.2) is 0 Å². The van der Waals surface area contributed by atoms with E-state index in [1.165, 1.54) is 11.1 Å². The largest absolute Gasteiger partial charge is 0.361 e. The molecule has 0 amide bonds. The van der Waals surface area contributed by atoms with Crippen LogP contribution in [0.1, 0.15) is 11.3 Å². The summed E-state index contributed by atoms with van der Waals surface area (Å²) in [5.41, 5.74) is 5.56. The summed E-state index contributed by atoms with van der Waals surface area (Å²) in [6.07, 6.45) is 0. The third-order valence-corrected chi connectivity index (χ3v) is 4.19. The molecule has 2 nitrogen and oxygen atoms in total. The summed E-state index contributed by atoms with van der Waals surface area (Å²) in [5.74, 6) is 0. The fourth-order valence-corrected chi connectivity index (χ4v) is 3.10. The SMILES string of the molecule is Cc1ccc2cc(-c3ccc(COP)cc3)cc(Br)c2n1. The van der Waals surface area contributed by atoms with Gasteiger partial charge in [0.2, 0.25) is 0 Å². The fraction of sp³-hybridized carbons (Fsp3) is 0.118. The highest BCUT2D eigenvalue weighted by Gasteiger charge is 2.06. The molecule has 0 bridgehead atoms. The number of fused-ring (bicyclic) bond motifs is 1. The van der Waals surface area contributed by atoms with Crippen LogP contribution in [0.4, 0.5) is 0 Å². The van der Waals surface area contributed by atoms with E-state index in [0.29, 0.717) is 6.61 Å². The predicted octanol–water partition coefficient (Wildman–Crippen LogP) is 5.28. The van der Waals surface area contributed by atoms with Gasteiger partial charge in [0.25, 0.3) is 0 Å². The summed E-state index contributed by atoms with van der Waals surface area (Å²) in [4.78, 5) is 4.58. The zero-order chi connectivity index (χ0) is 14.8. The maximum atomic E-state index is 5.06. The number of hydrogen-bond donors (Lipinski definition) is 0. The van der Waals surface area contributed by atoms with Crippen LogP contribution < -0.4 is 0 Å². The number of pyridine rings is 1. The molecule has 0 radical (unpaired) electrons. The number of halogens is 1. The topological polar surface area (TPSA) is 22.1 Å². The van der Waals surface area contributed by atoms with Gasteiger partial charge < -0.3 is 4.52 Å². The molecule has 2 aromatic carbocycles. The fourth-order valence-electron chi connectivity index (χ4n) is 2.35. The lowest BCUT2D eigenvalue weighted by molar-refractivity contribution is 0.362. The Labute approximate surface area is 135 Å². The van der Waals surface area contributed by atoms with Gasteiger partial charge in [0, 0.05) is 25.0 Å². The number of aromatic nitrogens is 1. The highest BCUT2D eigenvalue weighted by molar-refractivity contribution is 9.10. The Morgan fingerprint density at radius 2 is 1.81 bits per heavy atom. The molecule has 1 heterocycles. The summed E-state index contributed by atoms with van der Waals surface area (Å²) in [7, 11) is 2.27. The van der Waals surface area contributed by atoms with Crippen molar-refractivity contribution in [1.82, 2.24) is 4.98 Å². The van der Waals surface area contributed by atoms with Gasteiger partial charge in [0.15, 0.2) is 0 Å². The van der Waals surface area contributed by atoms with Gasteiger partial charge in [-0.05, 0) is 57.7 Å². The lowest BCUT2D eigenvalue weighted by Crippen LogP contribution is -1.87. The van der Waals surface area contributed by atoms with E-state index in [2.05, 4.69) is 72.8 Å². The summed E-state index contributed by atoms with van der Waals surface area (Å²) in [5, 5.41) is 1.14. The summed E-state index contributed by atoms with van der Waals surface area (Å²) < 4.78 is 6.09. The van der Waals surface area contributed by atoms with Crippen LogP contribution in [0.5, 0.6) is 0 Å². The maximum absolute atomic E-state index is 5.06. The van der Waals surface area contributed by atoms with Crippen molar-refractivity contribution in [3.8, 4) is 11.1 Å². The van der Waals surface area contributed by atoms with Crippen LogP contribution in [0, 0.1) is 6.92 Å². The van der Waals surface area contributed by atoms with E-state index in [-0.39, 0.29) is 0 Å². The number of hydrogen-bond acceptors (Lipinski definition) is 2. The quantitative estimate of drug-likeness (QED) is 0.593. The molecule has 1 aromatic heterocycles. The third kappa shape index (κ3) is 3.16. The molecule has 0 saturated carbocycles. The smallest absolute Gasteiger partial charge is 0.0847 e. The number of aryl methyl sites for hydroxylation is 1. The average Bonchev–Trinajstić information content (AvgIpc) is 2.49. The van der Waals surface area contributed by atoms with E-state index in [0.717, 1.165) is 26.6 Å². The Bertz CT molecular complexity index is 787. The van der Waals surface area contributed by atoms with Crippen LogP contribution in [0.25, 0.3) is 22.0 Å². The van der Waals surface area contributed by atoms with Gasteiger partial charge in [-0.3, -0.25) is 4.98 Å². The Morgan fingerprint density at radius 3 is 2.52 bits per heavy atom. The first-order chi connectivity index (χ1) is 10.2. The molecular weight excluding hydrogens is 345 g/mol. The first-order valence-electron chi connectivity index (χ1n) is 6.65. The number of rotatable bonds is 3. The molecule has 0 fully saturated rings. The van der Waals surface area contributed by atoms with Crippen molar-refractivity contribution in [2.24, 2.45) is 0 Å². The highest BCUT2D eigenvalue weighted by Crippen LogP contribution is 2.30. The van der Waals surface area contributed by atoms with Crippen molar-refractivity contribution in [3.05, 3.63) is 64.3 Å². The summed E-state index contributed by atoms with van der Waals surface area (Å²) >= 11 is 3.63. The minimum atomic E-state index is 0.607. The molecule has 0 aliphatic rings. The third-order valence-electron chi connectivity index (χ3n) is 3.42. The second kappa shape index (κ2) is 6.23. The molecule has 0 aliphatic carbocycles. The Kier molecular flexibility index (Phi) is 4.34. The van der Waals surface area contributed by atoms with E-state index in [9.17, 15) is 0 Å². The monoisotopic (exact) mass is 359 g/mol. The molecule has 0 aliphatic heterocycles. The van der Waals surface area contributed by atoms with Gasteiger partial charge in [0.1, 0.15) is 0 Å². The van der Waals surface area contributed by atoms with E-state index in [1.807, 2.05) is 13.0 Å². The molecule has 0 spiro atoms. The Hall–Kier alpha value is -1.28. The predicted molar refractivity (Wildman–Crippen MR) is 94.1 cm³/mol. The first-order valence-corrected chi connectivity index (χ1v) is 7.92. The van der Waals surface area contributed by atoms with Crippen molar-refractivity contribution in [2.75, 3.05) is 0 Å². The number of nitrogens with zero attached hydrogens (tertiary/aromatic N) is 1. The van der Waals surface area contributed by atoms with E-state index >= 15 is 0 Å². The van der Waals surface area contributed by atoms with Crippen LogP contribution in [-0.4, -0.2) is 4.98 Å². The zero-order valence-corrected chi connectivity index (χ0v) is 14.4. The van der Waals surface area contributed by atoms with E-state index in [1.54, 1.807) is 0 Å². The molecular formula is C17H15BrNOP. The standard InChI is InChI=1S/C17H15BrNOP/c1-11-2-5-14-8-15(9-16(18)17(14)19-11)13-6-3-12(4-7-13)10-20-21/h2-9H,10,21H2,1H3. The number of benzene rings is 2. The molecule has 0 saturated heterocycles. The van der Waals surface area contributed by atoms with Crippen LogP contribution in [-0.2, 0) is 11.1 Å². The summed E-state index contributed by atoms with van der Waals surface area (Å²) in [6, 6.07) is 16.9. The summed E-state index contributed by atoms with van der Waals surface area (Å²) in [6.45, 7) is 2.61. The molecule has 4 heteroatoms. The normalized spacial score (nSPS) is 11.0. The van der Waals surface area contributed by atoms with Gasteiger partial charge in [-0.1, -0.05) is 30.3 Å². The van der Waals surface area contributed by atoms with Crippen molar-refractivity contribution in [1.29, 1.82) is 0 Å². The lowest BCUT2D eigenvalue weighted by atomic mass is 10.0. The van der Waals surface area contributed by atoms with E-state index in [4.69, 9.17) is 4.52 Å². The van der Waals surface area contributed by atoms with E-state index < -0.39 is 0 Å². The second-order valence-electron chi connectivity index (χ2n) is 4.99. The maximum Gasteiger partial charge on any atom is 0.0847 e. The molecule has 0 N–H and O–H groups in total. The molecule has 1 atom stereocenters. The van der Waals surface area contributed by atoms with Gasteiger partial charge in [-0.15, -0.1) is 0 Å². The van der Waals surface area contributed by atoms with Crippen molar-refractivity contribution >= 4 is 36.3 Å². The van der Waals surface area contributed by atoms with Crippen LogP contribution in [0.15, 0.2) is 53.0 Å². The molecule has 106 valence electrons. The molecule has 3 rings (SSSR count). The van der Waals surface area contributed by atoms with Crippen LogP contribution in [0.3, 0.4) is 0 Å². The molecule has 1 unspecified atom stereocenters. The zero-order valence-electron chi connectivity index (χ0n) is 11.6.